The number of benzene rings is 3. The van der Waals surface area contributed by atoms with Crippen molar-refractivity contribution in [2.75, 3.05) is 12.3 Å². The number of nitrogens with zero attached hydrogens (tertiary/aromatic N) is 4. The van der Waals surface area contributed by atoms with E-state index >= 15 is 0 Å². The average Bonchev–Trinajstić information content (AvgIpc) is 3.42. The molecule has 0 aliphatic carbocycles. The zero-order chi connectivity index (χ0) is 30.8. The Balaban J connectivity index is 1.35. The van der Waals surface area contributed by atoms with Gasteiger partial charge in [-0.1, -0.05) is 53.5 Å². The molecule has 11 nitrogen and oxygen atoms in total. The smallest absolute Gasteiger partial charge is 0.338 e. The molecule has 1 aliphatic heterocycles. The molecule has 3 heterocycles. The molecule has 0 saturated carbocycles. The maximum Gasteiger partial charge on any atom is 0.338 e. The minimum absolute atomic E-state index is 0.0274. The Labute approximate surface area is 260 Å². The van der Waals surface area contributed by atoms with Crippen LogP contribution in [-0.4, -0.2) is 50.3 Å². The number of nitrogen functional groups attached to an aromatic ring is 1. The first-order valence-corrected chi connectivity index (χ1v) is 14.2. The van der Waals surface area contributed by atoms with Crippen LogP contribution < -0.4 is 11.3 Å². The van der Waals surface area contributed by atoms with Crippen LogP contribution in [0, 0.1) is 0 Å². The zero-order valence-electron chi connectivity index (χ0n) is 22.8. The second-order valence-electron chi connectivity index (χ2n) is 9.85. The Morgan fingerprint density at radius 1 is 0.909 bits per heavy atom. The highest BCUT2D eigenvalue weighted by Gasteiger charge is 2.41. The van der Waals surface area contributed by atoms with Gasteiger partial charge < -0.3 is 19.9 Å². The van der Waals surface area contributed by atoms with Crippen LogP contribution in [0.25, 0.3) is 22.4 Å². The predicted molar refractivity (Wildman–Crippen MR) is 162 cm³/mol. The number of hydrogen-bond acceptors (Lipinski definition) is 10. The molecule has 1 aliphatic rings. The van der Waals surface area contributed by atoms with Crippen molar-refractivity contribution in [3.63, 3.8) is 0 Å². The maximum absolute atomic E-state index is 14.0. The zero-order valence-corrected chi connectivity index (χ0v) is 24.3. The van der Waals surface area contributed by atoms with Crippen LogP contribution >= 0.6 is 23.2 Å². The second kappa shape index (κ2) is 12.4. The average molecular weight is 632 g/mol. The van der Waals surface area contributed by atoms with Crippen molar-refractivity contribution in [2.45, 2.75) is 24.9 Å². The van der Waals surface area contributed by atoms with E-state index in [1.54, 1.807) is 48.5 Å². The summed E-state index contributed by atoms with van der Waals surface area (Å²) in [6.07, 6.45) is -1.61. The number of ether oxygens (including phenoxy) is 3. The van der Waals surface area contributed by atoms with Gasteiger partial charge >= 0.3 is 11.9 Å². The number of aromatic nitrogens is 4. The van der Waals surface area contributed by atoms with E-state index in [-0.39, 0.29) is 46.8 Å². The molecule has 0 amide bonds. The van der Waals surface area contributed by atoms with Crippen molar-refractivity contribution < 1.29 is 23.8 Å². The van der Waals surface area contributed by atoms with Crippen LogP contribution in [-0.2, 0) is 14.2 Å². The molecular weight excluding hydrogens is 609 g/mol. The monoisotopic (exact) mass is 631 g/mol. The molecule has 2 aromatic heterocycles. The lowest BCUT2D eigenvalue weighted by atomic mass is 10.1. The van der Waals surface area contributed by atoms with Gasteiger partial charge in [0, 0.05) is 22.0 Å². The first-order valence-electron chi connectivity index (χ1n) is 13.4. The van der Waals surface area contributed by atoms with E-state index in [1.807, 2.05) is 6.07 Å². The van der Waals surface area contributed by atoms with Crippen LogP contribution in [0.2, 0.25) is 10.0 Å². The number of halogens is 2. The van der Waals surface area contributed by atoms with Crippen LogP contribution in [0.3, 0.4) is 0 Å². The first kappa shape index (κ1) is 29.2. The molecule has 222 valence electrons. The van der Waals surface area contributed by atoms with Crippen molar-refractivity contribution >= 4 is 52.1 Å². The van der Waals surface area contributed by atoms with E-state index < -0.39 is 35.9 Å². The summed E-state index contributed by atoms with van der Waals surface area (Å²) < 4.78 is 19.0. The lowest BCUT2D eigenvalue weighted by Crippen LogP contribution is -2.32. The van der Waals surface area contributed by atoms with Gasteiger partial charge in [-0.2, -0.15) is 0 Å². The van der Waals surface area contributed by atoms with Crippen molar-refractivity contribution in [3.05, 3.63) is 117 Å². The van der Waals surface area contributed by atoms with E-state index in [0.717, 1.165) is 0 Å². The Hall–Kier alpha value is -4.84. The van der Waals surface area contributed by atoms with Crippen molar-refractivity contribution in [1.82, 2.24) is 19.5 Å². The largest absolute Gasteiger partial charge is 0.459 e. The van der Waals surface area contributed by atoms with Gasteiger partial charge in [0.15, 0.2) is 11.5 Å². The van der Waals surface area contributed by atoms with Crippen molar-refractivity contribution in [3.8, 4) is 11.3 Å². The molecule has 6 rings (SSSR count). The summed E-state index contributed by atoms with van der Waals surface area (Å²) >= 11 is 11.9. The van der Waals surface area contributed by atoms with E-state index in [0.29, 0.717) is 15.6 Å². The normalized spacial score (nSPS) is 17.8. The summed E-state index contributed by atoms with van der Waals surface area (Å²) in [5.41, 5.74) is 7.16. The fraction of sp³-hybridized carbons (Fsp3) is 0.161. The lowest BCUT2D eigenvalue weighted by molar-refractivity contribution is -0.0569. The molecular formula is C31H23Cl2N5O6. The molecule has 0 radical (unpaired) electrons. The minimum atomic E-state index is -0.994. The van der Waals surface area contributed by atoms with E-state index in [9.17, 15) is 14.4 Å². The highest BCUT2D eigenvalue weighted by atomic mass is 35.5. The first-order chi connectivity index (χ1) is 21.3. The van der Waals surface area contributed by atoms with Gasteiger partial charge in [0.05, 0.1) is 11.1 Å². The van der Waals surface area contributed by atoms with Gasteiger partial charge in [-0.15, -0.1) is 0 Å². The Kier molecular flexibility index (Phi) is 8.25. The van der Waals surface area contributed by atoms with Gasteiger partial charge in [-0.3, -0.25) is 9.36 Å². The molecule has 44 heavy (non-hydrogen) atoms. The van der Waals surface area contributed by atoms with Crippen molar-refractivity contribution in [2.24, 2.45) is 0 Å². The Morgan fingerprint density at radius 3 is 2.20 bits per heavy atom. The summed E-state index contributed by atoms with van der Waals surface area (Å²) in [5.74, 6) is -1.21. The second-order valence-corrected chi connectivity index (χ2v) is 10.7. The van der Waals surface area contributed by atoms with E-state index in [2.05, 4.69) is 15.0 Å². The fourth-order valence-corrected chi connectivity index (χ4v) is 5.09. The summed E-state index contributed by atoms with van der Waals surface area (Å²) in [5, 5.41) is 0.921. The molecule has 0 spiro atoms. The molecule has 5 aromatic rings. The summed E-state index contributed by atoms with van der Waals surface area (Å²) in [4.78, 5) is 52.6. The fourth-order valence-electron chi connectivity index (χ4n) is 4.84. The number of nitrogens with two attached hydrogens (primary N) is 1. The van der Waals surface area contributed by atoms with E-state index in [1.165, 1.54) is 35.2 Å². The number of esters is 2. The van der Waals surface area contributed by atoms with Gasteiger partial charge in [-0.25, -0.2) is 24.5 Å². The SMILES string of the molecule is Nc1ncnc2c1nc(-c1ccccc1)c(=O)n2[C@H]1C[C@H](OC(=O)c2ccc(Cl)cc2)[C@@H](COC(=O)c2ccc(Cl)cc2)O1. The molecule has 3 atom stereocenters. The topological polar surface area (TPSA) is 149 Å². The summed E-state index contributed by atoms with van der Waals surface area (Å²) in [6, 6.07) is 21.2. The van der Waals surface area contributed by atoms with Crippen LogP contribution in [0.4, 0.5) is 5.82 Å². The van der Waals surface area contributed by atoms with Gasteiger partial charge in [-0.05, 0) is 48.5 Å². The van der Waals surface area contributed by atoms with Crippen molar-refractivity contribution in [1.29, 1.82) is 0 Å². The minimum Gasteiger partial charge on any atom is -0.459 e. The van der Waals surface area contributed by atoms with Crippen LogP contribution in [0.1, 0.15) is 33.4 Å². The Morgan fingerprint density at radius 2 is 1.55 bits per heavy atom. The summed E-state index contributed by atoms with van der Waals surface area (Å²) in [7, 11) is 0. The quantitative estimate of drug-likeness (QED) is 0.240. The maximum atomic E-state index is 14.0. The number of anilines is 1. The predicted octanol–water partition coefficient (Wildman–Crippen LogP) is 5.11. The Bertz CT molecular complexity index is 1900. The van der Waals surface area contributed by atoms with Gasteiger partial charge in [0.1, 0.15) is 42.6 Å². The summed E-state index contributed by atoms with van der Waals surface area (Å²) in [6.45, 7) is -0.281. The molecule has 2 N–H and O–H groups in total. The van der Waals surface area contributed by atoms with Gasteiger partial charge in [0.2, 0.25) is 0 Å². The highest BCUT2D eigenvalue weighted by molar-refractivity contribution is 6.31. The molecule has 1 fully saturated rings. The lowest BCUT2D eigenvalue weighted by Gasteiger charge is -2.19. The number of fused-ring (bicyclic) bond motifs is 1. The third kappa shape index (κ3) is 5.98. The number of carbonyl (C=O) groups is 2. The van der Waals surface area contributed by atoms with Crippen LogP contribution in [0.5, 0.6) is 0 Å². The third-order valence-electron chi connectivity index (χ3n) is 7.02. The standard InChI is InChI=1S/C31H23Cl2N5O6/c32-20-10-6-18(7-11-20)30(40)42-15-23-22(44-31(41)19-8-12-21(33)13-9-19)14-24(43-23)38-28-26(27(34)35-16-36-28)37-25(29(38)39)17-4-2-1-3-5-17/h1-13,16,22-24H,14-15H2,(H2,34,35,36)/t22-,23+,24+/m0/s1. The van der Waals surface area contributed by atoms with Gasteiger partial charge in [0.25, 0.3) is 5.56 Å². The molecule has 13 heteroatoms. The third-order valence-corrected chi connectivity index (χ3v) is 7.52. The highest BCUT2D eigenvalue weighted by Crippen LogP contribution is 2.34. The number of hydrogen-bond donors (Lipinski definition) is 1. The molecule has 3 aromatic carbocycles. The van der Waals surface area contributed by atoms with E-state index in [4.69, 9.17) is 43.1 Å². The number of rotatable bonds is 7. The molecule has 0 bridgehead atoms. The van der Waals surface area contributed by atoms with Crippen LogP contribution in [0.15, 0.2) is 90.0 Å². The molecule has 1 saturated heterocycles. The molecule has 0 unspecified atom stereocenters. The number of carbonyl (C=O) groups excluding carboxylic acids is 2.